The first-order valence-electron chi connectivity index (χ1n) is 9.64. The first kappa shape index (κ1) is 18.8. The number of hydrogen-bond acceptors (Lipinski definition) is 5. The second kappa shape index (κ2) is 7.80. The monoisotopic (exact) mass is 386 g/mol. The van der Waals surface area contributed by atoms with Crippen molar-refractivity contribution in [1.82, 2.24) is 9.88 Å². The van der Waals surface area contributed by atoms with Crippen LogP contribution in [-0.4, -0.2) is 42.0 Å². The Balaban J connectivity index is 1.50. The van der Waals surface area contributed by atoms with Crippen molar-refractivity contribution < 1.29 is 9.21 Å². The fraction of sp³-hybridized carbons (Fsp3) is 0.261. The highest BCUT2D eigenvalue weighted by molar-refractivity contribution is 5.95. The summed E-state index contributed by atoms with van der Waals surface area (Å²) in [5.74, 6) is 0.960. The predicted molar refractivity (Wildman–Crippen MR) is 111 cm³/mol. The van der Waals surface area contributed by atoms with E-state index in [9.17, 15) is 10.1 Å². The molecule has 2 heterocycles. The number of oxazole rings is 1. The highest BCUT2D eigenvalue weighted by Gasteiger charge is 2.27. The molecule has 0 spiro atoms. The Hall–Kier alpha value is -3.59. The molecule has 6 nitrogen and oxygen atoms in total. The van der Waals surface area contributed by atoms with Crippen LogP contribution in [0.3, 0.4) is 0 Å². The van der Waals surface area contributed by atoms with Crippen molar-refractivity contribution in [2.24, 2.45) is 0 Å². The van der Waals surface area contributed by atoms with Gasteiger partial charge in [0.25, 0.3) is 5.91 Å². The van der Waals surface area contributed by atoms with Gasteiger partial charge in [0, 0.05) is 37.3 Å². The fourth-order valence-electron chi connectivity index (χ4n) is 3.51. The van der Waals surface area contributed by atoms with E-state index in [2.05, 4.69) is 11.1 Å². The summed E-state index contributed by atoms with van der Waals surface area (Å²) >= 11 is 0. The number of piperazine rings is 1. The molecule has 0 bridgehead atoms. The molecule has 0 unspecified atom stereocenters. The van der Waals surface area contributed by atoms with Gasteiger partial charge in [0.2, 0.25) is 17.5 Å². The number of aryl methyl sites for hydroxylation is 2. The molecule has 1 saturated heterocycles. The third-order valence-electron chi connectivity index (χ3n) is 5.24. The van der Waals surface area contributed by atoms with Gasteiger partial charge in [-0.15, -0.1) is 0 Å². The molecule has 0 N–H and O–H groups in total. The van der Waals surface area contributed by atoms with Gasteiger partial charge in [-0.3, -0.25) is 4.79 Å². The van der Waals surface area contributed by atoms with Crippen molar-refractivity contribution >= 4 is 11.8 Å². The van der Waals surface area contributed by atoms with Crippen molar-refractivity contribution in [2.45, 2.75) is 13.8 Å². The van der Waals surface area contributed by atoms with Gasteiger partial charge in [-0.05, 0) is 37.6 Å². The van der Waals surface area contributed by atoms with Crippen molar-refractivity contribution in [3.8, 4) is 17.5 Å². The summed E-state index contributed by atoms with van der Waals surface area (Å²) in [6.45, 7) is 6.29. The molecular formula is C23H22N4O2. The topological polar surface area (TPSA) is 73.4 Å². The maximum Gasteiger partial charge on any atom is 0.254 e. The number of rotatable bonds is 3. The molecule has 0 aliphatic carbocycles. The summed E-state index contributed by atoms with van der Waals surface area (Å²) < 4.78 is 5.96. The van der Waals surface area contributed by atoms with Crippen LogP contribution in [0.2, 0.25) is 0 Å². The summed E-state index contributed by atoms with van der Waals surface area (Å²) in [6.07, 6.45) is 0. The Morgan fingerprint density at radius 2 is 1.72 bits per heavy atom. The van der Waals surface area contributed by atoms with E-state index in [0.29, 0.717) is 38.0 Å². The Kier molecular flexibility index (Phi) is 5.05. The number of nitrogens with zero attached hydrogens (tertiary/aromatic N) is 4. The maximum atomic E-state index is 12.8. The van der Waals surface area contributed by atoms with Crippen LogP contribution in [0.25, 0.3) is 11.5 Å². The van der Waals surface area contributed by atoms with Gasteiger partial charge in [0.15, 0.2) is 0 Å². The van der Waals surface area contributed by atoms with Gasteiger partial charge in [-0.1, -0.05) is 35.9 Å². The molecule has 1 amide bonds. The average molecular weight is 386 g/mol. The van der Waals surface area contributed by atoms with E-state index in [4.69, 9.17) is 4.42 Å². The van der Waals surface area contributed by atoms with Gasteiger partial charge in [0.05, 0.1) is 0 Å². The zero-order chi connectivity index (χ0) is 20.4. The third kappa shape index (κ3) is 3.72. The number of amides is 1. The van der Waals surface area contributed by atoms with Crippen LogP contribution in [0, 0.1) is 25.2 Å². The number of aromatic nitrogens is 1. The lowest BCUT2D eigenvalue weighted by atomic mass is 10.1. The van der Waals surface area contributed by atoms with Crippen molar-refractivity contribution in [3.05, 3.63) is 70.9 Å². The van der Waals surface area contributed by atoms with Crippen LogP contribution in [0.15, 0.2) is 52.9 Å². The second-order valence-corrected chi connectivity index (χ2v) is 7.24. The average Bonchev–Trinajstić information content (AvgIpc) is 3.19. The zero-order valence-electron chi connectivity index (χ0n) is 16.6. The summed E-state index contributed by atoms with van der Waals surface area (Å²) in [7, 11) is 0. The van der Waals surface area contributed by atoms with Crippen LogP contribution in [0.1, 0.15) is 27.2 Å². The summed E-state index contributed by atoms with van der Waals surface area (Å²) in [4.78, 5) is 21.0. The first-order chi connectivity index (χ1) is 14.1. The number of carbonyl (C=O) groups excluding carboxylic acids is 1. The Morgan fingerprint density at radius 1 is 1.03 bits per heavy atom. The third-order valence-corrected chi connectivity index (χ3v) is 5.24. The fourth-order valence-corrected chi connectivity index (χ4v) is 3.51. The highest BCUT2D eigenvalue weighted by Crippen LogP contribution is 2.29. The smallest absolute Gasteiger partial charge is 0.254 e. The molecule has 3 aromatic rings. The molecular weight excluding hydrogens is 364 g/mol. The number of hydrogen-bond donors (Lipinski definition) is 0. The first-order valence-corrected chi connectivity index (χ1v) is 9.64. The van der Waals surface area contributed by atoms with E-state index in [1.165, 1.54) is 0 Å². The molecule has 0 atom stereocenters. The molecule has 29 heavy (non-hydrogen) atoms. The van der Waals surface area contributed by atoms with Gasteiger partial charge < -0.3 is 14.2 Å². The molecule has 4 rings (SSSR count). The van der Waals surface area contributed by atoms with Crippen molar-refractivity contribution in [1.29, 1.82) is 5.26 Å². The molecule has 1 aliphatic heterocycles. The summed E-state index contributed by atoms with van der Waals surface area (Å²) in [6, 6.07) is 17.6. The lowest BCUT2D eigenvalue weighted by Crippen LogP contribution is -2.49. The molecule has 1 fully saturated rings. The normalized spacial score (nSPS) is 14.0. The van der Waals surface area contributed by atoms with Gasteiger partial charge >= 0.3 is 0 Å². The molecule has 146 valence electrons. The number of carbonyl (C=O) groups is 1. The SMILES string of the molecule is Cc1ccc(-c2nc(C#N)c(N3CCN(C(=O)c4ccccc4C)CC3)o2)cc1. The van der Waals surface area contributed by atoms with Crippen LogP contribution >= 0.6 is 0 Å². The Labute approximate surface area is 170 Å². The van der Waals surface area contributed by atoms with Crippen molar-refractivity contribution in [2.75, 3.05) is 31.1 Å². The highest BCUT2D eigenvalue weighted by atomic mass is 16.4. The number of anilines is 1. The van der Waals surface area contributed by atoms with Crippen molar-refractivity contribution in [3.63, 3.8) is 0 Å². The maximum absolute atomic E-state index is 12.8. The number of benzene rings is 2. The molecule has 1 aliphatic rings. The van der Waals surface area contributed by atoms with E-state index in [1.807, 2.05) is 72.2 Å². The standard InChI is InChI=1S/C23H22N4O2/c1-16-7-9-18(10-8-16)21-25-20(15-24)23(29-21)27-13-11-26(12-14-27)22(28)19-6-4-3-5-17(19)2/h3-10H,11-14H2,1-2H3. The van der Waals surface area contributed by atoms with Crippen LogP contribution in [-0.2, 0) is 0 Å². The minimum absolute atomic E-state index is 0.0428. The molecule has 0 radical (unpaired) electrons. The zero-order valence-corrected chi connectivity index (χ0v) is 16.6. The summed E-state index contributed by atoms with van der Waals surface area (Å²) in [5.41, 5.74) is 3.98. The minimum atomic E-state index is 0.0428. The van der Waals surface area contributed by atoms with E-state index in [-0.39, 0.29) is 11.6 Å². The van der Waals surface area contributed by atoms with E-state index in [0.717, 1.165) is 22.3 Å². The molecule has 1 aromatic heterocycles. The van der Waals surface area contributed by atoms with E-state index in [1.54, 1.807) is 0 Å². The molecule has 6 heteroatoms. The quantitative estimate of drug-likeness (QED) is 0.685. The molecule has 0 saturated carbocycles. The lowest BCUT2D eigenvalue weighted by molar-refractivity contribution is 0.0744. The van der Waals surface area contributed by atoms with Gasteiger partial charge in [-0.2, -0.15) is 10.2 Å². The number of nitriles is 1. The van der Waals surface area contributed by atoms with E-state index < -0.39 is 0 Å². The van der Waals surface area contributed by atoms with Gasteiger partial charge in [-0.25, -0.2) is 0 Å². The van der Waals surface area contributed by atoms with E-state index >= 15 is 0 Å². The molecule has 2 aromatic carbocycles. The van der Waals surface area contributed by atoms with Crippen LogP contribution in [0.5, 0.6) is 0 Å². The lowest BCUT2D eigenvalue weighted by Gasteiger charge is -2.34. The Morgan fingerprint density at radius 3 is 2.38 bits per heavy atom. The van der Waals surface area contributed by atoms with Crippen LogP contribution < -0.4 is 4.90 Å². The van der Waals surface area contributed by atoms with Crippen LogP contribution in [0.4, 0.5) is 5.88 Å². The largest absolute Gasteiger partial charge is 0.419 e. The van der Waals surface area contributed by atoms with Gasteiger partial charge in [0.1, 0.15) is 6.07 Å². The predicted octanol–water partition coefficient (Wildman–Crippen LogP) is 3.79. The minimum Gasteiger partial charge on any atom is -0.419 e. The second-order valence-electron chi connectivity index (χ2n) is 7.24. The summed E-state index contributed by atoms with van der Waals surface area (Å²) in [5, 5.41) is 9.51. The Bertz CT molecular complexity index is 1070.